The molecule has 1 heterocycles. The minimum Gasteiger partial charge on any atom is -0.386 e. The van der Waals surface area contributed by atoms with Crippen LogP contribution in [0.15, 0.2) is 24.8 Å². The van der Waals surface area contributed by atoms with Gasteiger partial charge in [0.1, 0.15) is 12.2 Å². The van der Waals surface area contributed by atoms with Crippen molar-refractivity contribution in [3.05, 3.63) is 24.8 Å². The van der Waals surface area contributed by atoms with E-state index in [1.807, 2.05) is 13.8 Å². The highest BCUT2D eigenvalue weighted by atomic mass is 16.7. The second kappa shape index (κ2) is 3.62. The van der Waals surface area contributed by atoms with Gasteiger partial charge < -0.3 is 14.6 Å². The van der Waals surface area contributed by atoms with Crippen molar-refractivity contribution in [1.82, 2.24) is 0 Å². The highest BCUT2D eigenvalue weighted by Crippen LogP contribution is 2.26. The van der Waals surface area contributed by atoms with E-state index in [1.165, 1.54) is 6.08 Å². The quantitative estimate of drug-likeness (QED) is 0.671. The van der Waals surface area contributed by atoms with Crippen molar-refractivity contribution in [1.29, 1.82) is 0 Å². The largest absolute Gasteiger partial charge is 0.386 e. The molecular formula is C10H16O3. The molecule has 1 saturated heterocycles. The fraction of sp³-hybridized carbons (Fsp3) is 0.600. The minimum atomic E-state index is -0.723. The third kappa shape index (κ3) is 2.40. The first kappa shape index (κ1) is 10.4. The summed E-state index contributed by atoms with van der Waals surface area (Å²) in [5.41, 5.74) is 0.561. The molecule has 3 heteroatoms. The second-order valence-corrected chi connectivity index (χ2v) is 3.59. The number of hydrogen-bond acceptors (Lipinski definition) is 3. The lowest BCUT2D eigenvalue weighted by Crippen LogP contribution is -2.31. The Kier molecular flexibility index (Phi) is 2.91. The number of hydrogen-bond donors (Lipinski definition) is 1. The molecule has 0 aromatic heterocycles. The van der Waals surface area contributed by atoms with Gasteiger partial charge in [0, 0.05) is 0 Å². The van der Waals surface area contributed by atoms with Crippen molar-refractivity contribution in [2.75, 3.05) is 6.61 Å². The summed E-state index contributed by atoms with van der Waals surface area (Å²) >= 11 is 0. The van der Waals surface area contributed by atoms with Gasteiger partial charge in [-0.1, -0.05) is 19.2 Å². The fourth-order valence-electron chi connectivity index (χ4n) is 1.23. The first-order chi connectivity index (χ1) is 5.96. The van der Waals surface area contributed by atoms with Crippen LogP contribution < -0.4 is 0 Å². The van der Waals surface area contributed by atoms with Crippen LogP contribution in [0, 0.1) is 0 Å². The van der Waals surface area contributed by atoms with Crippen molar-refractivity contribution in [3.8, 4) is 0 Å². The Morgan fingerprint density at radius 3 is 2.69 bits per heavy atom. The predicted molar refractivity (Wildman–Crippen MR) is 50.2 cm³/mol. The van der Waals surface area contributed by atoms with E-state index in [9.17, 15) is 5.11 Å². The number of ether oxygens (including phenoxy) is 2. The van der Waals surface area contributed by atoms with Gasteiger partial charge in [-0.05, 0) is 19.4 Å². The Labute approximate surface area is 78.7 Å². The lowest BCUT2D eigenvalue weighted by Gasteiger charge is -2.20. The van der Waals surface area contributed by atoms with Gasteiger partial charge in [0.05, 0.1) is 6.61 Å². The molecule has 74 valence electrons. The highest BCUT2D eigenvalue weighted by molar-refractivity contribution is 5.18. The second-order valence-electron chi connectivity index (χ2n) is 3.59. The van der Waals surface area contributed by atoms with E-state index >= 15 is 0 Å². The molecule has 0 amide bonds. The molecule has 0 bridgehead atoms. The molecule has 0 spiro atoms. The van der Waals surface area contributed by atoms with E-state index in [0.717, 1.165) is 0 Å². The maximum Gasteiger partial charge on any atom is 0.163 e. The molecule has 2 atom stereocenters. The van der Waals surface area contributed by atoms with Crippen molar-refractivity contribution in [2.24, 2.45) is 0 Å². The summed E-state index contributed by atoms with van der Waals surface area (Å²) in [6.45, 7) is 11.2. The Morgan fingerprint density at radius 2 is 2.31 bits per heavy atom. The lowest BCUT2D eigenvalue weighted by atomic mass is 10.1. The summed E-state index contributed by atoms with van der Waals surface area (Å²) in [7, 11) is 0. The van der Waals surface area contributed by atoms with E-state index in [0.29, 0.717) is 12.2 Å². The van der Waals surface area contributed by atoms with Crippen LogP contribution in [-0.4, -0.2) is 29.7 Å². The third-order valence-electron chi connectivity index (χ3n) is 2.02. The van der Waals surface area contributed by atoms with Crippen molar-refractivity contribution in [2.45, 2.75) is 31.8 Å². The molecule has 1 aliphatic rings. The topological polar surface area (TPSA) is 38.7 Å². The van der Waals surface area contributed by atoms with Crippen LogP contribution in [0.4, 0.5) is 0 Å². The summed E-state index contributed by atoms with van der Waals surface area (Å²) in [4.78, 5) is 0. The van der Waals surface area contributed by atoms with E-state index in [4.69, 9.17) is 9.47 Å². The molecule has 0 aliphatic carbocycles. The summed E-state index contributed by atoms with van der Waals surface area (Å²) in [5, 5.41) is 9.67. The summed E-state index contributed by atoms with van der Waals surface area (Å²) in [6.07, 6.45) is 0.471. The van der Waals surface area contributed by atoms with Gasteiger partial charge in [0.25, 0.3) is 0 Å². The normalized spacial score (nSPS) is 28.4. The third-order valence-corrected chi connectivity index (χ3v) is 2.02. The van der Waals surface area contributed by atoms with E-state index in [2.05, 4.69) is 13.2 Å². The van der Waals surface area contributed by atoms with Gasteiger partial charge in [-0.15, -0.1) is 0 Å². The number of rotatable bonds is 3. The van der Waals surface area contributed by atoms with Crippen LogP contribution in [0.5, 0.6) is 0 Å². The van der Waals surface area contributed by atoms with Crippen LogP contribution in [0.3, 0.4) is 0 Å². The Morgan fingerprint density at radius 1 is 1.69 bits per heavy atom. The predicted octanol–water partition coefficient (Wildman–Crippen LogP) is 1.24. The first-order valence-corrected chi connectivity index (χ1v) is 4.27. The van der Waals surface area contributed by atoms with Gasteiger partial charge in [-0.2, -0.15) is 0 Å². The molecule has 0 saturated carbocycles. The van der Waals surface area contributed by atoms with Gasteiger partial charge >= 0.3 is 0 Å². The van der Waals surface area contributed by atoms with Gasteiger partial charge in [0.2, 0.25) is 0 Å². The first-order valence-electron chi connectivity index (χ1n) is 4.27. The summed E-state index contributed by atoms with van der Waals surface area (Å²) < 4.78 is 10.8. The molecule has 1 rings (SSSR count). The average Bonchev–Trinajstić information content (AvgIpc) is 2.43. The minimum absolute atomic E-state index is 0.333. The molecule has 3 nitrogen and oxygen atoms in total. The molecular weight excluding hydrogens is 168 g/mol. The summed E-state index contributed by atoms with van der Waals surface area (Å²) in [5.74, 6) is -0.604. The van der Waals surface area contributed by atoms with Crippen LogP contribution in [0.2, 0.25) is 0 Å². The van der Waals surface area contributed by atoms with Crippen molar-refractivity contribution in [3.63, 3.8) is 0 Å². The number of aliphatic hydroxyl groups is 1. The van der Waals surface area contributed by atoms with Crippen molar-refractivity contribution >= 4 is 0 Å². The maximum atomic E-state index is 9.67. The molecule has 0 aromatic carbocycles. The molecule has 1 fully saturated rings. The van der Waals surface area contributed by atoms with Gasteiger partial charge in [-0.25, -0.2) is 0 Å². The Balaban J connectivity index is 2.56. The zero-order valence-corrected chi connectivity index (χ0v) is 8.12. The molecule has 1 N–H and O–H groups in total. The zero-order valence-electron chi connectivity index (χ0n) is 8.12. The smallest absolute Gasteiger partial charge is 0.163 e. The van der Waals surface area contributed by atoms with Crippen LogP contribution >= 0.6 is 0 Å². The van der Waals surface area contributed by atoms with Crippen LogP contribution in [0.25, 0.3) is 0 Å². The number of aliphatic hydroxyl groups excluding tert-OH is 1. The maximum absolute atomic E-state index is 9.67. The molecule has 0 aromatic rings. The zero-order chi connectivity index (χ0) is 10.1. The monoisotopic (exact) mass is 184 g/mol. The Bertz CT molecular complexity index is 220. The van der Waals surface area contributed by atoms with E-state index < -0.39 is 11.9 Å². The SMILES string of the molecule is C=CC(=C)C(O)C1COC(C)(C)O1. The molecule has 0 radical (unpaired) electrons. The highest BCUT2D eigenvalue weighted by Gasteiger charge is 2.37. The molecule has 2 unspecified atom stereocenters. The van der Waals surface area contributed by atoms with Crippen molar-refractivity contribution < 1.29 is 14.6 Å². The lowest BCUT2D eigenvalue weighted by molar-refractivity contribution is -0.147. The summed E-state index contributed by atoms with van der Waals surface area (Å²) in [6, 6.07) is 0. The fourth-order valence-corrected chi connectivity index (χ4v) is 1.23. The average molecular weight is 184 g/mol. The molecule has 1 aliphatic heterocycles. The molecule has 13 heavy (non-hydrogen) atoms. The van der Waals surface area contributed by atoms with Crippen LogP contribution in [-0.2, 0) is 9.47 Å². The standard InChI is InChI=1S/C10H16O3/c1-5-7(2)9(11)8-6-12-10(3,4)13-8/h5,8-9,11H,1-2,6H2,3-4H3. The Hall–Kier alpha value is -0.640. The van der Waals surface area contributed by atoms with Gasteiger partial charge in [-0.3, -0.25) is 0 Å². The van der Waals surface area contributed by atoms with Crippen LogP contribution in [0.1, 0.15) is 13.8 Å². The van der Waals surface area contributed by atoms with Gasteiger partial charge in [0.15, 0.2) is 5.79 Å². The van der Waals surface area contributed by atoms with E-state index in [-0.39, 0.29) is 6.10 Å². The van der Waals surface area contributed by atoms with E-state index in [1.54, 1.807) is 0 Å².